The van der Waals surface area contributed by atoms with Crippen LogP contribution >= 0.6 is 23.2 Å². The summed E-state index contributed by atoms with van der Waals surface area (Å²) in [6.45, 7) is 1.96. The number of hydrogen-bond acceptors (Lipinski definition) is 5. The number of esters is 1. The van der Waals surface area contributed by atoms with Crippen molar-refractivity contribution in [2.75, 3.05) is 11.6 Å². The molecule has 19 heavy (non-hydrogen) atoms. The van der Waals surface area contributed by atoms with E-state index in [1.807, 2.05) is 0 Å². The normalized spacial score (nSPS) is 21.4. The smallest absolute Gasteiger partial charge is 0.353 e. The summed E-state index contributed by atoms with van der Waals surface area (Å²) in [5.41, 5.74) is 8.09. The largest absolute Gasteiger partial charge is 0.463 e. The zero-order chi connectivity index (χ0) is 14.0. The lowest BCUT2D eigenvalue weighted by Gasteiger charge is -2.33. The predicted octanol–water partition coefficient (Wildman–Crippen LogP) is 2.05. The first-order valence-corrected chi connectivity index (χ1v) is 6.39. The van der Waals surface area contributed by atoms with E-state index in [9.17, 15) is 4.79 Å². The molecule has 2 rings (SSSR count). The van der Waals surface area contributed by atoms with Gasteiger partial charge in [-0.25, -0.2) is 4.79 Å². The predicted molar refractivity (Wildman–Crippen MR) is 74.8 cm³/mol. The van der Waals surface area contributed by atoms with Crippen LogP contribution in [0.4, 0.5) is 5.69 Å². The van der Waals surface area contributed by atoms with Crippen LogP contribution in [0.15, 0.2) is 30.5 Å². The molecule has 5 nitrogen and oxygen atoms in total. The molecule has 0 saturated carbocycles. The number of hydrazine groups is 1. The minimum Gasteiger partial charge on any atom is -0.463 e. The highest BCUT2D eigenvalue weighted by atomic mass is 35.5. The molecule has 1 unspecified atom stereocenters. The summed E-state index contributed by atoms with van der Waals surface area (Å²) in [5, 5.41) is 2.34. The molecule has 1 aromatic carbocycles. The van der Waals surface area contributed by atoms with Gasteiger partial charge in [-0.15, -0.1) is 0 Å². The standard InChI is InChI=1S/C12H13Cl2N3O2/c1-2-19-11(18)12(15)3-4-16-17(12)10-6-8(13)5-9(14)7-10/h3-7,16H,2,15H2,1H3. The third-order valence-electron chi connectivity index (χ3n) is 2.62. The highest BCUT2D eigenvalue weighted by molar-refractivity contribution is 6.35. The van der Waals surface area contributed by atoms with Gasteiger partial charge in [-0.3, -0.25) is 10.7 Å². The molecule has 0 saturated heterocycles. The van der Waals surface area contributed by atoms with Gasteiger partial charge in [-0.1, -0.05) is 23.2 Å². The van der Waals surface area contributed by atoms with Crippen LogP contribution in [0.3, 0.4) is 0 Å². The summed E-state index contributed by atoms with van der Waals surface area (Å²) >= 11 is 11.9. The van der Waals surface area contributed by atoms with Gasteiger partial charge in [-0.05, 0) is 31.2 Å². The van der Waals surface area contributed by atoms with E-state index in [0.29, 0.717) is 15.7 Å². The number of carbonyl (C=O) groups excluding carboxylic acids is 1. The Balaban J connectivity index is 2.36. The Morgan fingerprint density at radius 1 is 1.42 bits per heavy atom. The molecule has 0 bridgehead atoms. The highest BCUT2D eigenvalue weighted by Crippen LogP contribution is 2.30. The summed E-state index contributed by atoms with van der Waals surface area (Å²) in [4.78, 5) is 12.0. The van der Waals surface area contributed by atoms with Gasteiger partial charge < -0.3 is 10.2 Å². The first-order chi connectivity index (χ1) is 8.97. The van der Waals surface area contributed by atoms with Gasteiger partial charge in [0.15, 0.2) is 0 Å². The Kier molecular flexibility index (Phi) is 3.89. The molecule has 0 spiro atoms. The lowest BCUT2D eigenvalue weighted by atomic mass is 10.1. The van der Waals surface area contributed by atoms with E-state index in [1.165, 1.54) is 11.1 Å². The van der Waals surface area contributed by atoms with Crippen LogP contribution < -0.4 is 16.2 Å². The zero-order valence-corrected chi connectivity index (χ0v) is 11.7. The molecular formula is C12H13Cl2N3O2. The van der Waals surface area contributed by atoms with Crippen molar-refractivity contribution in [3.05, 3.63) is 40.5 Å². The second-order valence-corrected chi connectivity index (χ2v) is 4.84. The van der Waals surface area contributed by atoms with Crippen molar-refractivity contribution in [3.63, 3.8) is 0 Å². The van der Waals surface area contributed by atoms with E-state index in [2.05, 4.69) is 5.43 Å². The Labute approximate surface area is 120 Å². The van der Waals surface area contributed by atoms with Crippen LogP contribution in [0, 0.1) is 0 Å². The number of hydrogen-bond donors (Lipinski definition) is 2. The van der Waals surface area contributed by atoms with Crippen molar-refractivity contribution in [2.45, 2.75) is 12.6 Å². The van der Waals surface area contributed by atoms with Gasteiger partial charge >= 0.3 is 5.97 Å². The monoisotopic (exact) mass is 301 g/mol. The summed E-state index contributed by atoms with van der Waals surface area (Å²) < 4.78 is 4.98. The molecule has 7 heteroatoms. The molecule has 102 valence electrons. The Morgan fingerprint density at radius 2 is 2.05 bits per heavy atom. The van der Waals surface area contributed by atoms with Gasteiger partial charge in [-0.2, -0.15) is 0 Å². The number of anilines is 1. The number of nitrogens with one attached hydrogen (secondary N) is 1. The fraction of sp³-hybridized carbons (Fsp3) is 0.250. The Hall–Kier alpha value is -1.43. The van der Waals surface area contributed by atoms with Crippen LogP contribution in [-0.2, 0) is 9.53 Å². The Bertz CT molecular complexity index is 515. The van der Waals surface area contributed by atoms with Crippen molar-refractivity contribution in [2.24, 2.45) is 5.73 Å². The average Bonchev–Trinajstić information content (AvgIpc) is 2.72. The summed E-state index contributed by atoms with van der Waals surface area (Å²) in [5.74, 6) is -0.563. The van der Waals surface area contributed by atoms with E-state index < -0.39 is 11.6 Å². The van der Waals surface area contributed by atoms with Gasteiger partial charge in [0.05, 0.1) is 12.3 Å². The third-order valence-corrected chi connectivity index (χ3v) is 3.06. The third kappa shape index (κ3) is 2.63. The lowest BCUT2D eigenvalue weighted by molar-refractivity contribution is -0.147. The van der Waals surface area contributed by atoms with Crippen molar-refractivity contribution >= 4 is 34.9 Å². The van der Waals surface area contributed by atoms with Crippen molar-refractivity contribution < 1.29 is 9.53 Å². The maximum absolute atomic E-state index is 12.0. The maximum atomic E-state index is 12.0. The van der Waals surface area contributed by atoms with Crippen LogP contribution in [0.5, 0.6) is 0 Å². The van der Waals surface area contributed by atoms with Crippen LogP contribution in [-0.4, -0.2) is 18.2 Å². The average molecular weight is 302 g/mol. The molecule has 0 fully saturated rings. The molecule has 1 aliphatic rings. The van der Waals surface area contributed by atoms with Crippen molar-refractivity contribution in [3.8, 4) is 0 Å². The SMILES string of the molecule is CCOC(=O)C1(N)C=CNN1c1cc(Cl)cc(Cl)c1. The topological polar surface area (TPSA) is 67.6 Å². The zero-order valence-electron chi connectivity index (χ0n) is 10.2. The van der Waals surface area contributed by atoms with E-state index in [0.717, 1.165) is 0 Å². The van der Waals surface area contributed by atoms with Crippen LogP contribution in [0.2, 0.25) is 10.0 Å². The first kappa shape index (κ1) is 14.0. The fourth-order valence-corrected chi connectivity index (χ4v) is 2.30. The first-order valence-electron chi connectivity index (χ1n) is 5.63. The van der Waals surface area contributed by atoms with E-state index in [1.54, 1.807) is 31.3 Å². The molecule has 0 aromatic heterocycles. The van der Waals surface area contributed by atoms with Gasteiger partial charge in [0.25, 0.3) is 0 Å². The fourth-order valence-electron chi connectivity index (χ4n) is 1.78. The second kappa shape index (κ2) is 5.28. The Morgan fingerprint density at radius 3 is 2.63 bits per heavy atom. The summed E-state index contributed by atoms with van der Waals surface area (Å²) in [6, 6.07) is 4.89. The summed E-state index contributed by atoms with van der Waals surface area (Å²) in [6.07, 6.45) is 3.07. The van der Waals surface area contributed by atoms with Gasteiger partial charge in [0.1, 0.15) is 0 Å². The number of carbonyl (C=O) groups is 1. The lowest BCUT2D eigenvalue weighted by Crippen LogP contribution is -2.61. The molecule has 3 N–H and O–H groups in total. The second-order valence-electron chi connectivity index (χ2n) is 3.97. The van der Waals surface area contributed by atoms with Gasteiger partial charge in [0, 0.05) is 16.2 Å². The number of halogens is 2. The molecule has 1 aliphatic heterocycles. The number of nitrogens with two attached hydrogens (primary N) is 1. The number of nitrogens with zero attached hydrogens (tertiary/aromatic N) is 1. The van der Waals surface area contributed by atoms with Crippen molar-refractivity contribution in [1.82, 2.24) is 5.43 Å². The molecule has 1 heterocycles. The van der Waals surface area contributed by atoms with E-state index >= 15 is 0 Å². The van der Waals surface area contributed by atoms with E-state index in [-0.39, 0.29) is 6.61 Å². The molecule has 1 aromatic rings. The molecule has 1 atom stereocenters. The molecule has 0 aliphatic carbocycles. The van der Waals surface area contributed by atoms with Gasteiger partial charge in [0.2, 0.25) is 5.66 Å². The summed E-state index contributed by atoms with van der Waals surface area (Å²) in [7, 11) is 0. The molecule has 0 amide bonds. The minimum atomic E-state index is -1.43. The maximum Gasteiger partial charge on any atom is 0.353 e. The van der Waals surface area contributed by atoms with E-state index in [4.69, 9.17) is 33.7 Å². The van der Waals surface area contributed by atoms with Crippen molar-refractivity contribution in [1.29, 1.82) is 0 Å². The number of rotatable bonds is 3. The highest BCUT2D eigenvalue weighted by Gasteiger charge is 2.43. The van der Waals surface area contributed by atoms with Crippen LogP contribution in [0.1, 0.15) is 6.92 Å². The number of ether oxygens (including phenoxy) is 1. The van der Waals surface area contributed by atoms with Crippen LogP contribution in [0.25, 0.3) is 0 Å². The number of benzene rings is 1. The molecular weight excluding hydrogens is 289 g/mol. The molecule has 0 radical (unpaired) electrons. The minimum absolute atomic E-state index is 0.246. The quantitative estimate of drug-likeness (QED) is 0.837.